The molecule has 1 aliphatic carbocycles. The van der Waals surface area contributed by atoms with Crippen LogP contribution >= 0.6 is 11.8 Å². The Balaban J connectivity index is 1.24. The minimum Gasteiger partial charge on any atom is -0.373 e. The molecule has 0 N–H and O–H groups in total. The molecule has 0 bridgehead atoms. The van der Waals surface area contributed by atoms with Crippen LogP contribution in [0.4, 0.5) is 0 Å². The number of hydrogen-bond donors (Lipinski definition) is 0. The largest absolute Gasteiger partial charge is 0.373 e. The van der Waals surface area contributed by atoms with Crippen LogP contribution in [0.15, 0.2) is 0 Å². The first-order valence-corrected chi connectivity index (χ1v) is 14.3. The molecule has 0 spiro atoms. The maximum Gasteiger partial charge on any atom is 0.274 e. The Hall–Kier alpha value is -1.09. The molecule has 33 heavy (non-hydrogen) atoms. The Morgan fingerprint density at radius 3 is 2.36 bits per heavy atom. The summed E-state index contributed by atoms with van der Waals surface area (Å²) in [6.45, 7) is 13.6. The Bertz CT molecular complexity index is 821. The quantitative estimate of drug-likeness (QED) is 0.667. The lowest BCUT2D eigenvalue weighted by Gasteiger charge is -2.45. The molecule has 3 atom stereocenters. The van der Waals surface area contributed by atoms with Crippen molar-refractivity contribution in [2.24, 2.45) is 0 Å². The van der Waals surface area contributed by atoms with Crippen molar-refractivity contribution in [2.75, 3.05) is 50.8 Å². The first kappa shape index (κ1) is 23.6. The number of rotatable bonds is 4. The number of ether oxygens (including phenoxy) is 1. The Morgan fingerprint density at radius 1 is 1.00 bits per heavy atom. The molecule has 0 saturated carbocycles. The number of hydrogen-bond acceptors (Lipinski definition) is 6. The number of aryl methyl sites for hydroxylation is 1. The van der Waals surface area contributed by atoms with E-state index in [1.165, 1.54) is 43.6 Å². The molecule has 8 heteroatoms. The van der Waals surface area contributed by atoms with Gasteiger partial charge in [0.05, 0.1) is 12.2 Å². The summed E-state index contributed by atoms with van der Waals surface area (Å²) in [4.78, 5) is 20.8. The van der Waals surface area contributed by atoms with Crippen molar-refractivity contribution in [2.45, 2.75) is 83.7 Å². The fourth-order valence-corrected chi connectivity index (χ4v) is 7.37. The van der Waals surface area contributed by atoms with Gasteiger partial charge in [-0.15, -0.1) is 0 Å². The molecule has 1 amide bonds. The van der Waals surface area contributed by atoms with Crippen LogP contribution in [0.2, 0.25) is 0 Å². The fourth-order valence-electron chi connectivity index (χ4n) is 6.46. The molecular formula is C25H41N5O2S. The zero-order valence-corrected chi connectivity index (χ0v) is 21.5. The van der Waals surface area contributed by atoms with Gasteiger partial charge >= 0.3 is 0 Å². The van der Waals surface area contributed by atoms with Crippen LogP contribution in [0.5, 0.6) is 0 Å². The number of nitrogens with zero attached hydrogens (tertiary/aromatic N) is 5. The van der Waals surface area contributed by atoms with Gasteiger partial charge in [0.2, 0.25) is 0 Å². The van der Waals surface area contributed by atoms with Crippen LogP contribution in [0, 0.1) is 0 Å². The van der Waals surface area contributed by atoms with Gasteiger partial charge in [-0.2, -0.15) is 16.9 Å². The molecule has 1 aromatic heterocycles. The number of thioether (sulfide) groups is 1. The van der Waals surface area contributed by atoms with Crippen molar-refractivity contribution in [1.29, 1.82) is 0 Å². The third-order valence-corrected chi connectivity index (χ3v) is 9.04. The molecule has 5 rings (SSSR count). The number of piperidine rings is 1. The van der Waals surface area contributed by atoms with Crippen molar-refractivity contribution in [3.8, 4) is 0 Å². The minimum atomic E-state index is 0.161. The fraction of sp³-hybridized carbons (Fsp3) is 0.840. The summed E-state index contributed by atoms with van der Waals surface area (Å²) in [6.07, 6.45) is 6.38. The summed E-state index contributed by atoms with van der Waals surface area (Å²) >= 11 is 1.94. The third-order valence-electron chi connectivity index (χ3n) is 8.10. The van der Waals surface area contributed by atoms with Gasteiger partial charge in [0, 0.05) is 67.6 Å². The van der Waals surface area contributed by atoms with Crippen molar-refractivity contribution < 1.29 is 9.53 Å². The highest BCUT2D eigenvalue weighted by Gasteiger charge is 2.36. The molecule has 3 saturated heterocycles. The van der Waals surface area contributed by atoms with E-state index in [1.54, 1.807) is 0 Å². The molecule has 7 nitrogen and oxygen atoms in total. The lowest BCUT2D eigenvalue weighted by Crippen LogP contribution is -2.54. The Labute approximate surface area is 203 Å². The zero-order chi connectivity index (χ0) is 22.9. The molecule has 1 unspecified atom stereocenters. The Kier molecular flexibility index (Phi) is 7.35. The second-order valence-electron chi connectivity index (χ2n) is 10.4. The standard InChI is InChI=1S/C25H41N5O2S/c1-4-30-23-6-5-21(15-22(23)24(26-30)25(31)28-11-13-33-14-12-28)27-9-7-20(8-10-27)29-16-18(2)32-19(3)17-29/h18-21H,4-17H2,1-3H3/t18-,19+,21?. The number of aromatic nitrogens is 2. The van der Waals surface area contributed by atoms with Crippen LogP contribution in [0.25, 0.3) is 0 Å². The van der Waals surface area contributed by atoms with Gasteiger partial charge in [-0.1, -0.05) is 0 Å². The average molecular weight is 476 g/mol. The van der Waals surface area contributed by atoms with Crippen molar-refractivity contribution >= 4 is 17.7 Å². The van der Waals surface area contributed by atoms with Crippen LogP contribution < -0.4 is 0 Å². The Morgan fingerprint density at radius 2 is 1.70 bits per heavy atom. The molecule has 0 radical (unpaired) electrons. The summed E-state index contributed by atoms with van der Waals surface area (Å²) in [7, 11) is 0. The molecule has 4 aliphatic rings. The van der Waals surface area contributed by atoms with E-state index in [0.29, 0.717) is 24.3 Å². The van der Waals surface area contributed by atoms with E-state index in [2.05, 4.69) is 35.3 Å². The van der Waals surface area contributed by atoms with Crippen LogP contribution in [-0.2, 0) is 24.1 Å². The molecular weight excluding hydrogens is 434 g/mol. The molecule has 4 heterocycles. The summed E-state index contributed by atoms with van der Waals surface area (Å²) in [5.41, 5.74) is 3.30. The molecule has 3 fully saturated rings. The van der Waals surface area contributed by atoms with Crippen molar-refractivity contribution in [3.63, 3.8) is 0 Å². The zero-order valence-electron chi connectivity index (χ0n) is 20.7. The summed E-state index contributed by atoms with van der Waals surface area (Å²) < 4.78 is 8.05. The van der Waals surface area contributed by atoms with Gasteiger partial charge in [0.15, 0.2) is 5.69 Å². The van der Waals surface area contributed by atoms with Gasteiger partial charge in [-0.25, -0.2) is 0 Å². The number of amides is 1. The lowest BCUT2D eigenvalue weighted by molar-refractivity contribution is -0.0875. The molecule has 0 aromatic carbocycles. The van der Waals surface area contributed by atoms with Crippen LogP contribution in [-0.4, -0.2) is 105 Å². The van der Waals surface area contributed by atoms with Gasteiger partial charge in [-0.05, 0) is 66.0 Å². The smallest absolute Gasteiger partial charge is 0.274 e. The lowest BCUT2D eigenvalue weighted by atomic mass is 9.88. The van der Waals surface area contributed by atoms with E-state index in [1.807, 2.05) is 16.7 Å². The monoisotopic (exact) mass is 475 g/mol. The molecule has 1 aromatic rings. The summed E-state index contributed by atoms with van der Waals surface area (Å²) in [5, 5.41) is 4.83. The van der Waals surface area contributed by atoms with Gasteiger partial charge in [0.1, 0.15) is 0 Å². The number of morpholine rings is 1. The van der Waals surface area contributed by atoms with Crippen LogP contribution in [0.1, 0.15) is 61.8 Å². The molecule has 184 valence electrons. The van der Waals surface area contributed by atoms with E-state index >= 15 is 0 Å². The van der Waals surface area contributed by atoms with Crippen molar-refractivity contribution in [1.82, 2.24) is 24.5 Å². The number of fused-ring (bicyclic) bond motifs is 1. The number of likely N-dealkylation sites (tertiary alicyclic amines) is 1. The molecule has 3 aliphatic heterocycles. The number of carbonyl (C=O) groups is 1. The average Bonchev–Trinajstić information content (AvgIpc) is 3.21. The van der Waals surface area contributed by atoms with Gasteiger partial charge < -0.3 is 9.64 Å². The maximum atomic E-state index is 13.4. The first-order chi connectivity index (χ1) is 16.0. The summed E-state index contributed by atoms with van der Waals surface area (Å²) in [5.74, 6) is 2.25. The second kappa shape index (κ2) is 10.3. The SMILES string of the molecule is CCn1nc(C(=O)N2CCSCC2)c2c1CCC(N1CCC(N3C[C@@H](C)O[C@@H](C)C3)CC1)C2. The highest BCUT2D eigenvalue weighted by molar-refractivity contribution is 7.99. The van der Waals surface area contributed by atoms with E-state index in [0.717, 1.165) is 62.8 Å². The van der Waals surface area contributed by atoms with Gasteiger partial charge in [0.25, 0.3) is 5.91 Å². The maximum absolute atomic E-state index is 13.4. The topological polar surface area (TPSA) is 53.8 Å². The summed E-state index contributed by atoms with van der Waals surface area (Å²) in [6, 6.07) is 1.23. The minimum absolute atomic E-state index is 0.161. The predicted molar refractivity (Wildman–Crippen MR) is 133 cm³/mol. The van der Waals surface area contributed by atoms with E-state index in [-0.39, 0.29) is 5.91 Å². The number of carbonyl (C=O) groups excluding carboxylic acids is 1. The highest BCUT2D eigenvalue weighted by Crippen LogP contribution is 2.31. The van der Waals surface area contributed by atoms with E-state index < -0.39 is 0 Å². The highest BCUT2D eigenvalue weighted by atomic mass is 32.2. The van der Waals surface area contributed by atoms with Gasteiger partial charge in [-0.3, -0.25) is 19.3 Å². The van der Waals surface area contributed by atoms with E-state index in [9.17, 15) is 4.79 Å². The predicted octanol–water partition coefficient (Wildman–Crippen LogP) is 2.52. The normalized spacial score (nSPS) is 30.4. The van der Waals surface area contributed by atoms with Crippen molar-refractivity contribution in [3.05, 3.63) is 17.0 Å². The third kappa shape index (κ3) is 5.00. The second-order valence-corrected chi connectivity index (χ2v) is 11.6. The van der Waals surface area contributed by atoms with E-state index in [4.69, 9.17) is 9.84 Å². The van der Waals surface area contributed by atoms with Crippen LogP contribution in [0.3, 0.4) is 0 Å². The first-order valence-electron chi connectivity index (χ1n) is 13.1.